The average Bonchev–Trinajstić information content (AvgIpc) is 2.86. The monoisotopic (exact) mass is 300 g/mol. The molecule has 2 aromatic heterocycles. The lowest BCUT2D eigenvalue weighted by molar-refractivity contribution is -0.132. The summed E-state index contributed by atoms with van der Waals surface area (Å²) in [6.45, 7) is -0.495. The second kappa shape index (κ2) is 6.20. The zero-order valence-corrected chi connectivity index (χ0v) is 10.6. The maximum atomic E-state index is 11.9. The highest BCUT2D eigenvalue weighted by atomic mass is 19.4. The summed E-state index contributed by atoms with van der Waals surface area (Å²) in [6, 6.07) is 0.896. The summed E-state index contributed by atoms with van der Waals surface area (Å²) < 4.78 is 37.1. The number of anilines is 1. The molecule has 0 bridgehead atoms. The van der Waals surface area contributed by atoms with E-state index in [4.69, 9.17) is 0 Å². The number of carbonyl (C=O) groups is 1. The van der Waals surface area contributed by atoms with Crippen LogP contribution in [-0.2, 0) is 0 Å². The molecule has 0 saturated heterocycles. The Hall–Kier alpha value is -2.65. The average molecular weight is 300 g/mol. The maximum absolute atomic E-state index is 11.9. The predicted molar refractivity (Wildman–Crippen MR) is 66.8 cm³/mol. The molecule has 0 saturated carbocycles. The minimum atomic E-state index is -4.30. The highest BCUT2D eigenvalue weighted by Crippen LogP contribution is 2.18. The molecule has 112 valence electrons. The van der Waals surface area contributed by atoms with Crippen LogP contribution >= 0.6 is 0 Å². The van der Waals surface area contributed by atoms with E-state index in [0.717, 1.165) is 0 Å². The van der Waals surface area contributed by atoms with Crippen LogP contribution in [0.4, 0.5) is 23.7 Å². The maximum Gasteiger partial charge on any atom is 0.390 e. The minimum Gasteiger partial charge on any atom is -0.338 e. The van der Waals surface area contributed by atoms with Gasteiger partial charge in [-0.3, -0.25) is 0 Å². The summed E-state index contributed by atoms with van der Waals surface area (Å²) in [7, 11) is 0. The third-order valence-corrected chi connectivity index (χ3v) is 2.29. The van der Waals surface area contributed by atoms with Crippen molar-refractivity contribution >= 4 is 11.7 Å². The van der Waals surface area contributed by atoms with Gasteiger partial charge in [-0.25, -0.2) is 19.4 Å². The highest BCUT2D eigenvalue weighted by molar-refractivity contribution is 5.88. The Morgan fingerprint density at radius 3 is 2.67 bits per heavy atom. The number of carbonyl (C=O) groups excluding carboxylic acids is 1. The van der Waals surface area contributed by atoms with Crippen LogP contribution in [-0.4, -0.2) is 38.5 Å². The van der Waals surface area contributed by atoms with E-state index in [0.29, 0.717) is 11.6 Å². The first-order chi connectivity index (χ1) is 9.94. The van der Waals surface area contributed by atoms with E-state index >= 15 is 0 Å². The molecule has 2 aromatic rings. The second-order valence-electron chi connectivity index (χ2n) is 3.97. The van der Waals surface area contributed by atoms with E-state index in [2.05, 4.69) is 25.7 Å². The molecule has 7 nitrogen and oxygen atoms in total. The molecule has 0 radical (unpaired) electrons. The lowest BCUT2D eigenvalue weighted by atomic mass is 10.4. The van der Waals surface area contributed by atoms with Crippen molar-refractivity contribution in [2.75, 3.05) is 11.9 Å². The SMILES string of the molecule is O=C(NCCC(F)(F)F)Nc1cnn(-c2ncccn2)c1. The molecular formula is C11H11F3N6O. The van der Waals surface area contributed by atoms with Gasteiger partial charge in [0.2, 0.25) is 5.95 Å². The van der Waals surface area contributed by atoms with Gasteiger partial charge in [0.05, 0.1) is 24.5 Å². The molecule has 2 amide bonds. The molecule has 21 heavy (non-hydrogen) atoms. The van der Waals surface area contributed by atoms with E-state index in [1.165, 1.54) is 29.5 Å². The molecule has 2 rings (SSSR count). The Kier molecular flexibility index (Phi) is 4.36. The molecular weight excluding hydrogens is 289 g/mol. The van der Waals surface area contributed by atoms with Gasteiger partial charge in [0, 0.05) is 18.9 Å². The lowest BCUT2D eigenvalue weighted by Crippen LogP contribution is -2.31. The summed E-state index contributed by atoms with van der Waals surface area (Å²) in [5.41, 5.74) is 0.312. The first-order valence-electron chi connectivity index (χ1n) is 5.88. The number of hydrogen-bond donors (Lipinski definition) is 2. The predicted octanol–water partition coefficient (Wildman–Crippen LogP) is 1.74. The van der Waals surface area contributed by atoms with E-state index < -0.39 is 25.2 Å². The minimum absolute atomic E-state index is 0.308. The fourth-order valence-corrected chi connectivity index (χ4v) is 1.40. The molecule has 0 unspecified atom stereocenters. The van der Waals surface area contributed by atoms with Crippen molar-refractivity contribution in [1.29, 1.82) is 0 Å². The number of amides is 2. The zero-order valence-electron chi connectivity index (χ0n) is 10.6. The van der Waals surface area contributed by atoms with Crippen molar-refractivity contribution in [2.45, 2.75) is 12.6 Å². The molecule has 0 aliphatic carbocycles. The topological polar surface area (TPSA) is 84.7 Å². The number of nitrogens with one attached hydrogen (secondary N) is 2. The Balaban J connectivity index is 1.87. The van der Waals surface area contributed by atoms with Gasteiger partial charge in [-0.05, 0) is 6.07 Å². The number of aromatic nitrogens is 4. The molecule has 0 aromatic carbocycles. The molecule has 2 N–H and O–H groups in total. The Labute approximate surface area is 117 Å². The Morgan fingerprint density at radius 1 is 1.29 bits per heavy atom. The van der Waals surface area contributed by atoms with Gasteiger partial charge in [0.1, 0.15) is 0 Å². The smallest absolute Gasteiger partial charge is 0.338 e. The van der Waals surface area contributed by atoms with Gasteiger partial charge >= 0.3 is 12.2 Å². The summed E-state index contributed by atoms with van der Waals surface area (Å²) in [5.74, 6) is 0.308. The first kappa shape index (κ1) is 14.8. The fraction of sp³-hybridized carbons (Fsp3) is 0.273. The third-order valence-electron chi connectivity index (χ3n) is 2.29. The van der Waals surface area contributed by atoms with Gasteiger partial charge in [-0.1, -0.05) is 0 Å². The number of hydrogen-bond acceptors (Lipinski definition) is 4. The largest absolute Gasteiger partial charge is 0.390 e. The molecule has 0 fully saturated rings. The lowest BCUT2D eigenvalue weighted by Gasteiger charge is -2.07. The summed E-state index contributed by atoms with van der Waals surface area (Å²) in [6.07, 6.45) is 0.445. The van der Waals surface area contributed by atoms with Crippen LogP contribution < -0.4 is 10.6 Å². The number of alkyl halides is 3. The fourth-order valence-electron chi connectivity index (χ4n) is 1.40. The molecule has 10 heteroatoms. The molecule has 0 atom stereocenters. The summed E-state index contributed by atoms with van der Waals surface area (Å²) >= 11 is 0. The number of halogens is 3. The van der Waals surface area contributed by atoms with Gasteiger partial charge < -0.3 is 10.6 Å². The van der Waals surface area contributed by atoms with E-state index in [-0.39, 0.29) is 0 Å². The van der Waals surface area contributed by atoms with Crippen LogP contribution in [0.15, 0.2) is 30.9 Å². The normalized spacial score (nSPS) is 11.2. The van der Waals surface area contributed by atoms with Crippen molar-refractivity contribution in [3.8, 4) is 5.95 Å². The van der Waals surface area contributed by atoms with Crippen LogP contribution in [0, 0.1) is 0 Å². The van der Waals surface area contributed by atoms with Crippen LogP contribution in [0.25, 0.3) is 5.95 Å². The van der Waals surface area contributed by atoms with Gasteiger partial charge in [-0.2, -0.15) is 18.3 Å². The second-order valence-corrected chi connectivity index (χ2v) is 3.97. The van der Waals surface area contributed by atoms with Crippen LogP contribution in [0.5, 0.6) is 0 Å². The quantitative estimate of drug-likeness (QED) is 0.900. The van der Waals surface area contributed by atoms with Crippen LogP contribution in [0.2, 0.25) is 0 Å². The van der Waals surface area contributed by atoms with Crippen molar-refractivity contribution in [1.82, 2.24) is 25.1 Å². The van der Waals surface area contributed by atoms with Gasteiger partial charge in [0.25, 0.3) is 0 Å². The van der Waals surface area contributed by atoms with E-state index in [9.17, 15) is 18.0 Å². The van der Waals surface area contributed by atoms with Crippen molar-refractivity contribution in [3.05, 3.63) is 30.9 Å². The zero-order chi connectivity index (χ0) is 15.3. The van der Waals surface area contributed by atoms with E-state index in [1.807, 2.05) is 0 Å². The number of urea groups is 1. The Morgan fingerprint density at radius 2 is 2.00 bits per heavy atom. The van der Waals surface area contributed by atoms with Crippen LogP contribution in [0.1, 0.15) is 6.42 Å². The first-order valence-corrected chi connectivity index (χ1v) is 5.88. The molecule has 0 spiro atoms. The third kappa shape index (κ3) is 4.75. The molecule has 0 aliphatic rings. The van der Waals surface area contributed by atoms with Gasteiger partial charge in [-0.15, -0.1) is 0 Å². The number of rotatable bonds is 4. The van der Waals surface area contributed by atoms with Crippen molar-refractivity contribution in [3.63, 3.8) is 0 Å². The number of nitrogens with zero attached hydrogens (tertiary/aromatic N) is 4. The summed E-state index contributed by atoms with van der Waals surface area (Å²) in [4.78, 5) is 19.3. The standard InChI is InChI=1S/C11H11F3N6O/c12-11(13,14)2-5-17-10(21)19-8-6-18-20(7-8)9-15-3-1-4-16-9/h1,3-4,6-7H,2,5H2,(H2,17,19,21). The van der Waals surface area contributed by atoms with Gasteiger partial charge in [0.15, 0.2) is 0 Å². The molecule has 2 heterocycles. The summed E-state index contributed by atoms with van der Waals surface area (Å²) in [5, 5.41) is 8.39. The highest BCUT2D eigenvalue weighted by Gasteiger charge is 2.26. The van der Waals surface area contributed by atoms with Crippen LogP contribution in [0.3, 0.4) is 0 Å². The molecule has 0 aliphatic heterocycles. The van der Waals surface area contributed by atoms with E-state index in [1.54, 1.807) is 6.07 Å². The van der Waals surface area contributed by atoms with Crippen molar-refractivity contribution < 1.29 is 18.0 Å². The Bertz CT molecular complexity index is 598. The van der Waals surface area contributed by atoms with Crippen molar-refractivity contribution in [2.24, 2.45) is 0 Å².